The first-order chi connectivity index (χ1) is 14.9. The van der Waals surface area contributed by atoms with Crippen LogP contribution in [0.2, 0.25) is 0 Å². The molecule has 1 saturated heterocycles. The fourth-order valence-corrected chi connectivity index (χ4v) is 4.45. The lowest BCUT2D eigenvalue weighted by Crippen LogP contribution is -2.40. The van der Waals surface area contributed by atoms with Gasteiger partial charge in [0.05, 0.1) is 18.2 Å². The van der Waals surface area contributed by atoms with E-state index in [1.54, 1.807) is 18.4 Å². The third kappa shape index (κ3) is 7.89. The molecule has 10 heteroatoms. The lowest BCUT2D eigenvalue weighted by atomic mass is 9.97. The number of nitrogens with two attached hydrogens (primary N) is 1. The Hall–Kier alpha value is -1.92. The van der Waals surface area contributed by atoms with Gasteiger partial charge in [-0.1, -0.05) is 24.3 Å². The van der Waals surface area contributed by atoms with E-state index in [-0.39, 0.29) is 35.8 Å². The Morgan fingerprint density at radius 3 is 2.75 bits per heavy atom. The summed E-state index contributed by atoms with van der Waals surface area (Å²) in [6, 6.07) is 8.53. The predicted molar refractivity (Wildman–Crippen MR) is 143 cm³/mol. The van der Waals surface area contributed by atoms with Gasteiger partial charge in [0.1, 0.15) is 0 Å². The van der Waals surface area contributed by atoms with Crippen LogP contribution in [0.3, 0.4) is 0 Å². The highest BCUT2D eigenvalue weighted by Gasteiger charge is 2.23. The number of amides is 1. The average molecular weight is 572 g/mol. The van der Waals surface area contributed by atoms with Crippen molar-refractivity contribution in [3.8, 4) is 0 Å². The molecule has 1 aromatic heterocycles. The van der Waals surface area contributed by atoms with Crippen LogP contribution in [0.15, 0.2) is 34.6 Å². The standard InChI is InChI=1S/C22H33N7OS.HI/c1-24-21(26-12-19-15-31-22(27-19)28(2)3)25-11-16-6-4-7-17(10-16)13-29-9-5-8-18(14-29)20(23)30;/h4,6-7,10,15,18H,5,8-9,11-14H2,1-3H3,(H2,23,30)(H2,24,25,26);1H. The van der Waals surface area contributed by atoms with Gasteiger partial charge in [0.2, 0.25) is 5.91 Å². The van der Waals surface area contributed by atoms with Crippen LogP contribution in [0.25, 0.3) is 0 Å². The number of anilines is 1. The number of piperidine rings is 1. The minimum absolute atomic E-state index is 0. The molecule has 3 rings (SSSR count). The van der Waals surface area contributed by atoms with Gasteiger partial charge in [-0.3, -0.25) is 14.7 Å². The Morgan fingerprint density at radius 2 is 2.06 bits per heavy atom. The van der Waals surface area contributed by atoms with Gasteiger partial charge in [0.25, 0.3) is 0 Å². The second-order valence-corrected chi connectivity index (χ2v) is 8.93. The summed E-state index contributed by atoms with van der Waals surface area (Å²) >= 11 is 1.63. The zero-order valence-corrected chi connectivity index (χ0v) is 22.2. The van der Waals surface area contributed by atoms with Crippen LogP contribution in [0.1, 0.15) is 29.7 Å². The van der Waals surface area contributed by atoms with E-state index in [0.29, 0.717) is 13.1 Å². The number of primary amides is 1. The number of aliphatic imine (C=N–C) groups is 1. The Kier molecular flexibility index (Phi) is 10.7. The van der Waals surface area contributed by atoms with Crippen molar-refractivity contribution >= 4 is 52.3 Å². The van der Waals surface area contributed by atoms with Crippen molar-refractivity contribution in [1.82, 2.24) is 20.5 Å². The molecule has 1 fully saturated rings. The molecule has 1 unspecified atom stereocenters. The largest absolute Gasteiger partial charge is 0.369 e. The molecule has 2 heterocycles. The second-order valence-electron chi connectivity index (χ2n) is 8.09. The normalized spacial score (nSPS) is 16.8. The van der Waals surface area contributed by atoms with Crippen LogP contribution in [0.4, 0.5) is 5.13 Å². The van der Waals surface area contributed by atoms with Gasteiger partial charge >= 0.3 is 0 Å². The number of nitrogens with one attached hydrogen (secondary N) is 2. The molecule has 0 radical (unpaired) electrons. The van der Waals surface area contributed by atoms with Crippen molar-refractivity contribution in [2.24, 2.45) is 16.6 Å². The summed E-state index contributed by atoms with van der Waals surface area (Å²) in [6.45, 7) is 3.90. The number of halogens is 1. The summed E-state index contributed by atoms with van der Waals surface area (Å²) in [6.07, 6.45) is 1.92. The van der Waals surface area contributed by atoms with E-state index in [1.807, 2.05) is 19.0 Å². The van der Waals surface area contributed by atoms with Gasteiger partial charge in [0.15, 0.2) is 11.1 Å². The first kappa shape index (κ1) is 26.3. The third-order valence-corrected chi connectivity index (χ3v) is 6.41. The minimum Gasteiger partial charge on any atom is -0.369 e. The van der Waals surface area contributed by atoms with Crippen molar-refractivity contribution in [2.45, 2.75) is 32.5 Å². The summed E-state index contributed by atoms with van der Waals surface area (Å²) < 4.78 is 0. The van der Waals surface area contributed by atoms with Crippen LogP contribution in [0.5, 0.6) is 0 Å². The first-order valence-corrected chi connectivity index (χ1v) is 11.5. The Balaban J connectivity index is 0.00000363. The molecule has 0 bridgehead atoms. The maximum atomic E-state index is 11.5. The van der Waals surface area contributed by atoms with Crippen LogP contribution >= 0.6 is 35.3 Å². The van der Waals surface area contributed by atoms with Crippen molar-refractivity contribution in [3.05, 3.63) is 46.5 Å². The topological polar surface area (TPSA) is 98.9 Å². The van der Waals surface area contributed by atoms with Gasteiger partial charge in [-0.15, -0.1) is 35.3 Å². The average Bonchev–Trinajstić information content (AvgIpc) is 3.24. The summed E-state index contributed by atoms with van der Waals surface area (Å²) in [5.74, 6) is 0.529. The quantitative estimate of drug-likeness (QED) is 0.256. The van der Waals surface area contributed by atoms with Gasteiger partial charge in [-0.2, -0.15) is 0 Å². The van der Waals surface area contributed by atoms with E-state index >= 15 is 0 Å². The maximum absolute atomic E-state index is 11.5. The zero-order chi connectivity index (χ0) is 22.2. The van der Waals surface area contributed by atoms with E-state index < -0.39 is 0 Å². The summed E-state index contributed by atoms with van der Waals surface area (Å²) in [4.78, 5) is 24.7. The molecule has 0 spiro atoms. The van der Waals surface area contributed by atoms with Crippen LogP contribution in [0, 0.1) is 5.92 Å². The van der Waals surface area contributed by atoms with Crippen molar-refractivity contribution in [3.63, 3.8) is 0 Å². The van der Waals surface area contributed by atoms with Crippen molar-refractivity contribution in [1.29, 1.82) is 0 Å². The number of carbonyl (C=O) groups is 1. The number of guanidine groups is 1. The molecule has 8 nitrogen and oxygen atoms in total. The van der Waals surface area contributed by atoms with Gasteiger partial charge in [-0.25, -0.2) is 4.98 Å². The molecular weight excluding hydrogens is 537 g/mol. The minimum atomic E-state index is -0.183. The molecule has 1 aliphatic rings. The van der Waals surface area contributed by atoms with Crippen LogP contribution in [-0.4, -0.2) is 56.0 Å². The third-order valence-electron chi connectivity index (χ3n) is 5.35. The zero-order valence-electron chi connectivity index (χ0n) is 19.0. The fourth-order valence-electron chi connectivity index (χ4n) is 3.69. The lowest BCUT2D eigenvalue weighted by Gasteiger charge is -2.31. The van der Waals surface area contributed by atoms with E-state index in [1.165, 1.54) is 11.1 Å². The summed E-state index contributed by atoms with van der Waals surface area (Å²) in [5, 5.41) is 9.74. The summed E-state index contributed by atoms with van der Waals surface area (Å²) in [7, 11) is 5.75. The molecular formula is C22H34IN7OS. The SMILES string of the molecule is CN=C(NCc1cccc(CN2CCCC(C(N)=O)C2)c1)NCc1csc(N(C)C)n1.I. The van der Waals surface area contributed by atoms with Crippen LogP contribution < -0.4 is 21.3 Å². The smallest absolute Gasteiger partial charge is 0.221 e. The molecule has 1 atom stereocenters. The number of thiazole rings is 1. The molecule has 32 heavy (non-hydrogen) atoms. The van der Waals surface area contributed by atoms with Crippen molar-refractivity contribution in [2.75, 3.05) is 39.1 Å². The molecule has 1 amide bonds. The van der Waals surface area contributed by atoms with Gasteiger partial charge in [0, 0.05) is 46.2 Å². The second kappa shape index (κ2) is 12.9. The number of rotatable bonds is 8. The molecule has 0 aliphatic carbocycles. The summed E-state index contributed by atoms with van der Waals surface area (Å²) in [5.41, 5.74) is 8.93. The van der Waals surface area contributed by atoms with Gasteiger partial charge < -0.3 is 21.3 Å². The Morgan fingerprint density at radius 1 is 1.31 bits per heavy atom. The molecule has 176 valence electrons. The highest BCUT2D eigenvalue weighted by atomic mass is 127. The Bertz CT molecular complexity index is 902. The molecule has 0 saturated carbocycles. The monoisotopic (exact) mass is 571 g/mol. The first-order valence-electron chi connectivity index (χ1n) is 10.6. The predicted octanol–water partition coefficient (Wildman–Crippen LogP) is 2.39. The highest BCUT2D eigenvalue weighted by molar-refractivity contribution is 14.0. The van der Waals surface area contributed by atoms with E-state index in [9.17, 15) is 4.79 Å². The van der Waals surface area contributed by atoms with E-state index in [4.69, 9.17) is 5.73 Å². The van der Waals surface area contributed by atoms with E-state index in [2.05, 4.69) is 55.2 Å². The molecule has 1 aliphatic heterocycles. The molecule has 2 aromatic rings. The Labute approximate surface area is 211 Å². The maximum Gasteiger partial charge on any atom is 0.221 e. The number of aromatic nitrogens is 1. The highest BCUT2D eigenvalue weighted by Crippen LogP contribution is 2.19. The number of hydrogen-bond acceptors (Lipinski definition) is 6. The van der Waals surface area contributed by atoms with Crippen LogP contribution in [-0.2, 0) is 24.4 Å². The molecule has 4 N–H and O–H groups in total. The number of hydrogen-bond donors (Lipinski definition) is 3. The number of carbonyl (C=O) groups excluding carboxylic acids is 1. The van der Waals surface area contributed by atoms with Crippen molar-refractivity contribution < 1.29 is 4.79 Å². The number of benzene rings is 1. The lowest BCUT2D eigenvalue weighted by molar-refractivity contribution is -0.123. The van der Waals surface area contributed by atoms with Gasteiger partial charge in [-0.05, 0) is 30.5 Å². The fraction of sp³-hybridized carbons (Fsp3) is 0.500. The van der Waals surface area contributed by atoms with E-state index in [0.717, 1.165) is 49.3 Å². The molecule has 1 aromatic carbocycles. The number of nitrogens with zero attached hydrogens (tertiary/aromatic N) is 4. The number of likely N-dealkylation sites (tertiary alicyclic amines) is 1.